The number of hydrogen-bond donors (Lipinski definition) is 0. The molecule has 0 saturated carbocycles. The predicted octanol–water partition coefficient (Wildman–Crippen LogP) is 1.62. The van der Waals surface area contributed by atoms with Crippen molar-refractivity contribution in [3.05, 3.63) is 24.3 Å². The Bertz CT molecular complexity index is 403. The monoisotopic (exact) mass is 330 g/mol. The summed E-state index contributed by atoms with van der Waals surface area (Å²) in [6.45, 7) is 13.2. The number of hydrogen-bond acceptors (Lipinski definition) is 7. The van der Waals surface area contributed by atoms with Crippen LogP contribution in [-0.2, 0) is 33.3 Å². The molecule has 0 aliphatic heterocycles. The molecule has 0 spiro atoms. The highest BCUT2D eigenvalue weighted by Gasteiger charge is 2.10. The molecular weight excluding hydrogens is 304 g/mol. The molecule has 23 heavy (non-hydrogen) atoms. The molecule has 0 saturated heterocycles. The Labute approximate surface area is 137 Å². The SMILES string of the molecule is C=C(C)C(=O)OCCOCC(OCC)OCCOC(=O)C(=C)C. The van der Waals surface area contributed by atoms with Crippen LogP contribution < -0.4 is 0 Å². The van der Waals surface area contributed by atoms with Crippen LogP contribution in [0.5, 0.6) is 0 Å². The van der Waals surface area contributed by atoms with E-state index in [1.54, 1.807) is 13.8 Å². The van der Waals surface area contributed by atoms with Crippen LogP contribution in [0.1, 0.15) is 20.8 Å². The summed E-state index contributed by atoms with van der Waals surface area (Å²) in [6.07, 6.45) is -0.583. The lowest BCUT2D eigenvalue weighted by Crippen LogP contribution is -2.26. The minimum absolute atomic E-state index is 0.103. The number of ether oxygens (including phenoxy) is 5. The van der Waals surface area contributed by atoms with Gasteiger partial charge in [0.25, 0.3) is 0 Å². The van der Waals surface area contributed by atoms with Gasteiger partial charge in [-0.3, -0.25) is 0 Å². The Morgan fingerprint density at radius 2 is 1.39 bits per heavy atom. The van der Waals surface area contributed by atoms with Gasteiger partial charge in [0.2, 0.25) is 0 Å². The summed E-state index contributed by atoms with van der Waals surface area (Å²) in [7, 11) is 0. The molecule has 0 fully saturated rings. The summed E-state index contributed by atoms with van der Waals surface area (Å²) >= 11 is 0. The number of rotatable bonds is 13. The second-order valence-electron chi connectivity index (χ2n) is 4.66. The fourth-order valence-corrected chi connectivity index (χ4v) is 1.26. The van der Waals surface area contributed by atoms with Crippen molar-refractivity contribution in [1.29, 1.82) is 0 Å². The predicted molar refractivity (Wildman–Crippen MR) is 83.7 cm³/mol. The Balaban J connectivity index is 3.81. The first kappa shape index (κ1) is 21.3. The summed E-state index contributed by atoms with van der Waals surface area (Å²) in [6, 6.07) is 0. The van der Waals surface area contributed by atoms with Crippen molar-refractivity contribution in [3.8, 4) is 0 Å². The average Bonchev–Trinajstić information content (AvgIpc) is 2.50. The van der Waals surface area contributed by atoms with E-state index in [1.165, 1.54) is 0 Å². The molecule has 0 amide bonds. The van der Waals surface area contributed by atoms with Crippen LogP contribution in [0.15, 0.2) is 24.3 Å². The van der Waals surface area contributed by atoms with Gasteiger partial charge >= 0.3 is 11.9 Å². The van der Waals surface area contributed by atoms with E-state index in [1.807, 2.05) is 6.92 Å². The maximum atomic E-state index is 11.2. The molecular formula is C16H26O7. The van der Waals surface area contributed by atoms with Gasteiger partial charge < -0.3 is 23.7 Å². The smallest absolute Gasteiger partial charge is 0.333 e. The van der Waals surface area contributed by atoms with Crippen molar-refractivity contribution >= 4 is 11.9 Å². The van der Waals surface area contributed by atoms with E-state index in [-0.39, 0.29) is 33.0 Å². The van der Waals surface area contributed by atoms with Crippen LogP contribution in [-0.4, -0.2) is 57.9 Å². The summed E-state index contributed by atoms with van der Waals surface area (Å²) in [5.74, 6) is -0.914. The van der Waals surface area contributed by atoms with Crippen molar-refractivity contribution < 1.29 is 33.3 Å². The minimum atomic E-state index is -0.583. The van der Waals surface area contributed by atoms with E-state index in [0.29, 0.717) is 17.8 Å². The third kappa shape index (κ3) is 11.5. The van der Waals surface area contributed by atoms with Gasteiger partial charge in [-0.1, -0.05) is 13.2 Å². The van der Waals surface area contributed by atoms with E-state index < -0.39 is 18.2 Å². The summed E-state index contributed by atoms with van der Waals surface area (Å²) in [5.41, 5.74) is 0.670. The van der Waals surface area contributed by atoms with E-state index in [0.717, 1.165) is 0 Å². The minimum Gasteiger partial charge on any atom is -0.460 e. The second kappa shape index (κ2) is 12.8. The van der Waals surface area contributed by atoms with E-state index in [9.17, 15) is 9.59 Å². The van der Waals surface area contributed by atoms with Crippen LogP contribution in [0.4, 0.5) is 0 Å². The van der Waals surface area contributed by atoms with Crippen molar-refractivity contribution in [1.82, 2.24) is 0 Å². The largest absolute Gasteiger partial charge is 0.460 e. The van der Waals surface area contributed by atoms with E-state index in [2.05, 4.69) is 13.2 Å². The fraction of sp³-hybridized carbons (Fsp3) is 0.625. The first-order valence-corrected chi connectivity index (χ1v) is 7.34. The highest BCUT2D eigenvalue weighted by molar-refractivity contribution is 5.87. The van der Waals surface area contributed by atoms with E-state index >= 15 is 0 Å². The first-order valence-electron chi connectivity index (χ1n) is 7.34. The fourth-order valence-electron chi connectivity index (χ4n) is 1.26. The molecule has 1 unspecified atom stereocenters. The highest BCUT2D eigenvalue weighted by Crippen LogP contribution is 1.99. The number of carbonyl (C=O) groups excluding carboxylic acids is 2. The molecule has 0 aromatic heterocycles. The van der Waals surface area contributed by atoms with Crippen LogP contribution in [0.25, 0.3) is 0 Å². The van der Waals surface area contributed by atoms with Gasteiger partial charge in [-0.05, 0) is 20.8 Å². The molecule has 0 aromatic carbocycles. The Kier molecular flexibility index (Phi) is 11.9. The van der Waals surface area contributed by atoms with Crippen molar-refractivity contribution in [2.75, 3.05) is 39.6 Å². The van der Waals surface area contributed by atoms with Crippen LogP contribution in [0.2, 0.25) is 0 Å². The zero-order valence-corrected chi connectivity index (χ0v) is 14.1. The molecule has 7 nitrogen and oxygen atoms in total. The van der Waals surface area contributed by atoms with E-state index in [4.69, 9.17) is 23.7 Å². The van der Waals surface area contributed by atoms with Gasteiger partial charge in [0.05, 0.1) is 19.8 Å². The summed E-state index contributed by atoms with van der Waals surface area (Å²) < 4.78 is 25.8. The maximum Gasteiger partial charge on any atom is 0.333 e. The lowest BCUT2D eigenvalue weighted by molar-refractivity contribution is -0.180. The standard InChI is InChI=1S/C16H26O7/c1-6-20-14(21-9-10-23-16(18)13(4)5)11-19-7-8-22-15(17)12(2)3/h14H,2,4,6-11H2,1,3,5H3. The normalized spacial score (nSPS) is 11.6. The van der Waals surface area contributed by atoms with Gasteiger partial charge in [0, 0.05) is 17.8 Å². The van der Waals surface area contributed by atoms with Crippen molar-refractivity contribution in [2.24, 2.45) is 0 Å². The lowest BCUT2D eigenvalue weighted by atomic mass is 10.4. The lowest BCUT2D eigenvalue weighted by Gasteiger charge is -2.18. The summed E-state index contributed by atoms with van der Waals surface area (Å²) in [5, 5.41) is 0. The molecule has 0 bridgehead atoms. The molecule has 0 heterocycles. The summed E-state index contributed by atoms with van der Waals surface area (Å²) in [4.78, 5) is 22.3. The van der Waals surface area contributed by atoms with Gasteiger partial charge in [-0.25, -0.2) is 9.59 Å². The number of esters is 2. The first-order chi connectivity index (χ1) is 10.9. The van der Waals surface area contributed by atoms with Gasteiger partial charge in [-0.15, -0.1) is 0 Å². The quantitative estimate of drug-likeness (QED) is 0.220. The second-order valence-corrected chi connectivity index (χ2v) is 4.66. The van der Waals surface area contributed by atoms with Crippen LogP contribution >= 0.6 is 0 Å². The third-order valence-corrected chi connectivity index (χ3v) is 2.38. The van der Waals surface area contributed by atoms with Gasteiger partial charge in [0.1, 0.15) is 13.2 Å². The molecule has 1 atom stereocenters. The number of carbonyl (C=O) groups is 2. The maximum absolute atomic E-state index is 11.2. The van der Waals surface area contributed by atoms with Gasteiger partial charge in [0.15, 0.2) is 6.29 Å². The molecule has 0 aliphatic carbocycles. The molecule has 7 heteroatoms. The molecule has 0 N–H and O–H groups in total. The highest BCUT2D eigenvalue weighted by atomic mass is 16.7. The zero-order chi connectivity index (χ0) is 17.7. The van der Waals surface area contributed by atoms with Crippen molar-refractivity contribution in [3.63, 3.8) is 0 Å². The average molecular weight is 330 g/mol. The molecule has 0 aliphatic rings. The Morgan fingerprint density at radius 3 is 1.87 bits per heavy atom. The third-order valence-electron chi connectivity index (χ3n) is 2.38. The van der Waals surface area contributed by atoms with Crippen LogP contribution in [0.3, 0.4) is 0 Å². The van der Waals surface area contributed by atoms with Gasteiger partial charge in [-0.2, -0.15) is 0 Å². The topological polar surface area (TPSA) is 80.3 Å². The van der Waals surface area contributed by atoms with Crippen LogP contribution in [0, 0.1) is 0 Å². The Morgan fingerprint density at radius 1 is 0.870 bits per heavy atom. The molecule has 132 valence electrons. The van der Waals surface area contributed by atoms with Crippen molar-refractivity contribution in [2.45, 2.75) is 27.1 Å². The Hall–Kier alpha value is -1.70. The molecule has 0 rings (SSSR count). The molecule has 0 radical (unpaired) electrons. The zero-order valence-electron chi connectivity index (χ0n) is 14.1. The molecule has 0 aromatic rings.